The van der Waals surface area contributed by atoms with E-state index < -0.39 is 29.4 Å². The number of hydrogen-bond donors (Lipinski definition) is 3. The molecule has 0 aliphatic heterocycles. The van der Waals surface area contributed by atoms with Crippen molar-refractivity contribution in [1.82, 2.24) is 5.32 Å². The SMILES string of the molecule is CC(C)CC(CNC(=O)c1ccc(F)cc1O)C(=O)O. The molecule has 20 heavy (non-hydrogen) atoms. The predicted octanol–water partition coefficient (Wildman–Crippen LogP) is 2.01. The van der Waals surface area contributed by atoms with Crippen LogP contribution in [0.3, 0.4) is 0 Å². The molecule has 1 rings (SSSR count). The van der Waals surface area contributed by atoms with Gasteiger partial charge in [-0.05, 0) is 24.5 Å². The van der Waals surface area contributed by atoms with Crippen molar-refractivity contribution in [3.05, 3.63) is 29.6 Å². The molecule has 1 aromatic carbocycles. The first-order valence-electron chi connectivity index (χ1n) is 6.30. The first-order chi connectivity index (χ1) is 9.31. The zero-order valence-corrected chi connectivity index (χ0v) is 11.4. The number of nitrogens with one attached hydrogen (secondary N) is 1. The van der Waals surface area contributed by atoms with Crippen LogP contribution in [-0.2, 0) is 4.79 Å². The third kappa shape index (κ3) is 4.53. The van der Waals surface area contributed by atoms with Crippen LogP contribution in [0.2, 0.25) is 0 Å². The maximum absolute atomic E-state index is 12.8. The molecule has 0 heterocycles. The highest BCUT2D eigenvalue weighted by molar-refractivity contribution is 5.96. The Kier molecular flexibility index (Phi) is 5.49. The van der Waals surface area contributed by atoms with Gasteiger partial charge in [0.2, 0.25) is 0 Å². The van der Waals surface area contributed by atoms with Crippen LogP contribution < -0.4 is 5.32 Å². The van der Waals surface area contributed by atoms with Crippen molar-refractivity contribution in [2.24, 2.45) is 11.8 Å². The zero-order chi connectivity index (χ0) is 15.3. The lowest BCUT2D eigenvalue weighted by atomic mass is 9.97. The van der Waals surface area contributed by atoms with Gasteiger partial charge >= 0.3 is 5.97 Å². The summed E-state index contributed by atoms with van der Waals surface area (Å²) in [5.74, 6) is -3.24. The Morgan fingerprint density at radius 2 is 2.00 bits per heavy atom. The third-order valence-electron chi connectivity index (χ3n) is 2.82. The number of aliphatic carboxylic acids is 1. The van der Waals surface area contributed by atoms with Crippen molar-refractivity contribution in [2.45, 2.75) is 20.3 Å². The van der Waals surface area contributed by atoms with Gasteiger partial charge < -0.3 is 15.5 Å². The minimum Gasteiger partial charge on any atom is -0.507 e. The van der Waals surface area contributed by atoms with Crippen molar-refractivity contribution in [2.75, 3.05) is 6.54 Å². The van der Waals surface area contributed by atoms with E-state index in [9.17, 15) is 19.1 Å². The minimum atomic E-state index is -0.984. The van der Waals surface area contributed by atoms with E-state index in [0.29, 0.717) is 6.42 Å². The average Bonchev–Trinajstić information content (AvgIpc) is 2.33. The van der Waals surface area contributed by atoms with Gasteiger partial charge in [-0.1, -0.05) is 13.8 Å². The van der Waals surface area contributed by atoms with E-state index in [1.807, 2.05) is 13.8 Å². The fourth-order valence-corrected chi connectivity index (χ4v) is 1.85. The third-order valence-corrected chi connectivity index (χ3v) is 2.82. The number of carboxylic acid groups (broad SMARTS) is 1. The molecule has 110 valence electrons. The lowest BCUT2D eigenvalue weighted by molar-refractivity contribution is -0.142. The van der Waals surface area contributed by atoms with E-state index in [1.54, 1.807) is 0 Å². The monoisotopic (exact) mass is 283 g/mol. The Hall–Kier alpha value is -2.11. The summed E-state index contributed by atoms with van der Waals surface area (Å²) in [6, 6.07) is 3.04. The predicted molar refractivity (Wildman–Crippen MR) is 71.0 cm³/mol. The van der Waals surface area contributed by atoms with Crippen LogP contribution in [0.1, 0.15) is 30.6 Å². The molecule has 0 bridgehead atoms. The van der Waals surface area contributed by atoms with Gasteiger partial charge in [-0.15, -0.1) is 0 Å². The normalized spacial score (nSPS) is 12.2. The number of carbonyl (C=O) groups excluding carboxylic acids is 1. The van der Waals surface area contributed by atoms with Gasteiger partial charge in [0.15, 0.2) is 0 Å². The Balaban J connectivity index is 2.68. The number of carbonyl (C=O) groups is 2. The van der Waals surface area contributed by atoms with Gasteiger partial charge in [0, 0.05) is 12.6 Å². The summed E-state index contributed by atoms with van der Waals surface area (Å²) in [7, 11) is 0. The van der Waals surface area contributed by atoms with Gasteiger partial charge in [0.1, 0.15) is 11.6 Å². The van der Waals surface area contributed by atoms with E-state index in [4.69, 9.17) is 5.11 Å². The number of carboxylic acids is 1. The summed E-state index contributed by atoms with van der Waals surface area (Å²) in [4.78, 5) is 22.8. The Morgan fingerprint density at radius 3 is 2.50 bits per heavy atom. The molecule has 0 saturated carbocycles. The lowest BCUT2D eigenvalue weighted by Crippen LogP contribution is -2.33. The molecule has 0 fully saturated rings. The summed E-state index contributed by atoms with van der Waals surface area (Å²) in [6.45, 7) is 3.75. The van der Waals surface area contributed by atoms with Crippen molar-refractivity contribution in [3.8, 4) is 5.75 Å². The fraction of sp³-hybridized carbons (Fsp3) is 0.429. The molecule has 1 aromatic rings. The summed E-state index contributed by atoms with van der Waals surface area (Å²) in [5.41, 5.74) is -0.0833. The van der Waals surface area contributed by atoms with Gasteiger partial charge in [0.05, 0.1) is 11.5 Å². The number of rotatable bonds is 6. The maximum atomic E-state index is 12.8. The lowest BCUT2D eigenvalue weighted by Gasteiger charge is -2.15. The number of amides is 1. The maximum Gasteiger partial charge on any atom is 0.308 e. The molecule has 1 atom stereocenters. The standard InChI is InChI=1S/C14H18FNO4/c1-8(2)5-9(14(19)20)7-16-13(18)11-4-3-10(15)6-12(11)17/h3-4,6,8-9,17H,5,7H2,1-2H3,(H,16,18)(H,19,20). The van der Waals surface area contributed by atoms with Crippen LogP contribution in [0.4, 0.5) is 4.39 Å². The molecule has 0 aliphatic carbocycles. The number of phenols is 1. The second-order valence-corrected chi connectivity index (χ2v) is 5.04. The molecular weight excluding hydrogens is 265 g/mol. The summed E-state index contributed by atoms with van der Waals surface area (Å²) >= 11 is 0. The van der Waals surface area contributed by atoms with Gasteiger partial charge in [-0.2, -0.15) is 0 Å². The van der Waals surface area contributed by atoms with Crippen LogP contribution >= 0.6 is 0 Å². The highest BCUT2D eigenvalue weighted by Crippen LogP contribution is 2.18. The molecule has 0 saturated heterocycles. The smallest absolute Gasteiger partial charge is 0.308 e. The summed E-state index contributed by atoms with van der Waals surface area (Å²) in [6.07, 6.45) is 0.436. The molecule has 0 spiro atoms. The van der Waals surface area contributed by atoms with Crippen LogP contribution in [0.5, 0.6) is 5.75 Å². The molecule has 0 aromatic heterocycles. The zero-order valence-electron chi connectivity index (χ0n) is 11.4. The topological polar surface area (TPSA) is 86.6 Å². The van der Waals surface area contributed by atoms with E-state index in [1.165, 1.54) is 0 Å². The van der Waals surface area contributed by atoms with E-state index in [-0.39, 0.29) is 18.0 Å². The van der Waals surface area contributed by atoms with Crippen molar-refractivity contribution < 1.29 is 24.2 Å². The molecule has 1 unspecified atom stereocenters. The number of halogens is 1. The van der Waals surface area contributed by atoms with Gasteiger partial charge in [-0.25, -0.2) is 4.39 Å². The van der Waals surface area contributed by atoms with Crippen LogP contribution in [0.25, 0.3) is 0 Å². The van der Waals surface area contributed by atoms with Crippen molar-refractivity contribution in [3.63, 3.8) is 0 Å². The first-order valence-corrected chi connectivity index (χ1v) is 6.30. The average molecular weight is 283 g/mol. The minimum absolute atomic E-state index is 0.0385. The quantitative estimate of drug-likeness (QED) is 0.745. The van der Waals surface area contributed by atoms with Crippen LogP contribution in [0.15, 0.2) is 18.2 Å². The first kappa shape index (κ1) is 15.9. The molecule has 6 heteroatoms. The van der Waals surface area contributed by atoms with Gasteiger partial charge in [0.25, 0.3) is 5.91 Å². The van der Waals surface area contributed by atoms with Crippen molar-refractivity contribution >= 4 is 11.9 Å². The summed E-state index contributed by atoms with van der Waals surface area (Å²) < 4.78 is 12.8. The summed E-state index contributed by atoms with van der Waals surface area (Å²) in [5, 5.41) is 21.0. The Morgan fingerprint density at radius 1 is 1.35 bits per heavy atom. The molecule has 0 radical (unpaired) electrons. The number of benzene rings is 1. The number of hydrogen-bond acceptors (Lipinski definition) is 3. The molecule has 0 aliphatic rings. The Labute approximate surface area is 116 Å². The Bertz CT molecular complexity index is 502. The molecule has 1 amide bonds. The van der Waals surface area contributed by atoms with Crippen LogP contribution in [0, 0.1) is 17.7 Å². The number of aromatic hydroxyl groups is 1. The van der Waals surface area contributed by atoms with E-state index >= 15 is 0 Å². The number of phenolic OH excluding ortho intramolecular Hbond substituents is 1. The second kappa shape index (κ2) is 6.88. The molecule has 3 N–H and O–H groups in total. The largest absolute Gasteiger partial charge is 0.507 e. The van der Waals surface area contributed by atoms with E-state index in [0.717, 1.165) is 18.2 Å². The highest BCUT2D eigenvalue weighted by Gasteiger charge is 2.20. The van der Waals surface area contributed by atoms with Gasteiger partial charge in [-0.3, -0.25) is 9.59 Å². The highest BCUT2D eigenvalue weighted by atomic mass is 19.1. The second-order valence-electron chi connectivity index (χ2n) is 5.04. The fourth-order valence-electron chi connectivity index (χ4n) is 1.85. The van der Waals surface area contributed by atoms with Crippen LogP contribution in [-0.4, -0.2) is 28.6 Å². The van der Waals surface area contributed by atoms with Crippen molar-refractivity contribution in [1.29, 1.82) is 0 Å². The van der Waals surface area contributed by atoms with E-state index in [2.05, 4.69) is 5.32 Å². The molecular formula is C14H18FNO4. The molecule has 5 nitrogen and oxygen atoms in total.